The lowest BCUT2D eigenvalue weighted by atomic mass is 10.1. The number of rotatable bonds is 3. The van der Waals surface area contributed by atoms with Crippen LogP contribution in [0.15, 0.2) is 24.3 Å². The molecule has 0 aliphatic rings. The summed E-state index contributed by atoms with van der Waals surface area (Å²) in [5.41, 5.74) is 3.55. The molecular formula is C14H15F3N4. The summed E-state index contributed by atoms with van der Waals surface area (Å²) in [6, 6.07) is 4.92. The number of nitrogens with one attached hydrogen (secondary N) is 1. The van der Waals surface area contributed by atoms with E-state index < -0.39 is 11.7 Å². The van der Waals surface area contributed by atoms with E-state index in [2.05, 4.69) is 15.4 Å². The molecule has 0 saturated heterocycles. The van der Waals surface area contributed by atoms with Crippen LogP contribution in [-0.4, -0.2) is 9.97 Å². The number of halogens is 3. The molecule has 7 heteroatoms. The van der Waals surface area contributed by atoms with Gasteiger partial charge in [0.05, 0.1) is 5.56 Å². The third-order valence-electron chi connectivity index (χ3n) is 3.17. The van der Waals surface area contributed by atoms with Gasteiger partial charge >= 0.3 is 6.18 Å². The maximum absolute atomic E-state index is 12.8. The van der Waals surface area contributed by atoms with E-state index in [1.165, 1.54) is 6.07 Å². The van der Waals surface area contributed by atoms with Crippen molar-refractivity contribution in [3.63, 3.8) is 0 Å². The van der Waals surface area contributed by atoms with Crippen molar-refractivity contribution in [3.05, 3.63) is 41.1 Å². The average Bonchev–Trinajstić information content (AvgIpc) is 2.46. The molecule has 4 nitrogen and oxygen atoms in total. The summed E-state index contributed by atoms with van der Waals surface area (Å²) in [5, 5.41) is 0. The highest BCUT2D eigenvalue weighted by atomic mass is 19.4. The Labute approximate surface area is 120 Å². The minimum absolute atomic E-state index is 0.219. The first kappa shape index (κ1) is 15.2. The van der Waals surface area contributed by atoms with Gasteiger partial charge in [0, 0.05) is 16.8 Å². The van der Waals surface area contributed by atoms with Crippen LogP contribution in [0, 0.1) is 6.92 Å². The third-order valence-corrected chi connectivity index (χ3v) is 3.17. The monoisotopic (exact) mass is 296 g/mol. The Kier molecular flexibility index (Phi) is 4.13. The van der Waals surface area contributed by atoms with Crippen LogP contribution >= 0.6 is 0 Å². The van der Waals surface area contributed by atoms with Gasteiger partial charge in [-0.25, -0.2) is 15.8 Å². The summed E-state index contributed by atoms with van der Waals surface area (Å²) >= 11 is 0. The molecule has 1 aromatic carbocycles. The first-order chi connectivity index (χ1) is 9.86. The van der Waals surface area contributed by atoms with Crippen molar-refractivity contribution >= 4 is 5.82 Å². The van der Waals surface area contributed by atoms with Crippen LogP contribution in [0.3, 0.4) is 0 Å². The number of alkyl halides is 3. The Morgan fingerprint density at radius 1 is 1.24 bits per heavy atom. The summed E-state index contributed by atoms with van der Waals surface area (Å²) in [5.74, 6) is 6.03. The topological polar surface area (TPSA) is 63.8 Å². The van der Waals surface area contributed by atoms with Gasteiger partial charge in [-0.1, -0.05) is 19.1 Å². The van der Waals surface area contributed by atoms with Crippen LogP contribution in [0.4, 0.5) is 19.0 Å². The van der Waals surface area contributed by atoms with Crippen molar-refractivity contribution in [1.29, 1.82) is 0 Å². The first-order valence-electron chi connectivity index (χ1n) is 6.38. The van der Waals surface area contributed by atoms with E-state index in [1.807, 2.05) is 13.8 Å². The number of anilines is 1. The molecule has 3 N–H and O–H groups in total. The quantitative estimate of drug-likeness (QED) is 0.673. The molecule has 0 fully saturated rings. The molecule has 0 atom stereocenters. The van der Waals surface area contributed by atoms with E-state index in [4.69, 9.17) is 5.84 Å². The molecule has 0 bridgehead atoms. The van der Waals surface area contributed by atoms with Gasteiger partial charge in [0.15, 0.2) is 5.82 Å². The molecule has 0 saturated carbocycles. The molecular weight excluding hydrogens is 281 g/mol. The van der Waals surface area contributed by atoms with Crippen LogP contribution in [0.5, 0.6) is 0 Å². The lowest BCUT2D eigenvalue weighted by Gasteiger charge is -2.12. The van der Waals surface area contributed by atoms with Crippen molar-refractivity contribution in [2.75, 3.05) is 5.43 Å². The Morgan fingerprint density at radius 2 is 1.95 bits per heavy atom. The van der Waals surface area contributed by atoms with Gasteiger partial charge in [-0.3, -0.25) is 0 Å². The van der Waals surface area contributed by atoms with E-state index in [0.717, 1.165) is 23.4 Å². The smallest absolute Gasteiger partial charge is 0.308 e. The van der Waals surface area contributed by atoms with E-state index in [-0.39, 0.29) is 5.82 Å². The summed E-state index contributed by atoms with van der Waals surface area (Å²) in [7, 11) is 0. The fourth-order valence-corrected chi connectivity index (χ4v) is 2.01. The molecule has 1 aromatic heterocycles. The van der Waals surface area contributed by atoms with Gasteiger partial charge in [0.2, 0.25) is 0 Å². The standard InChI is InChI=1S/C14H15F3N4/c1-3-11-8(2)12(21-18)20-13(19-11)9-5-4-6-10(7-9)14(15,16)17/h4-7H,3,18H2,1-2H3,(H,19,20,21). The molecule has 0 radical (unpaired) electrons. The van der Waals surface area contributed by atoms with Crippen LogP contribution in [-0.2, 0) is 12.6 Å². The molecule has 0 amide bonds. The summed E-state index contributed by atoms with van der Waals surface area (Å²) in [6.45, 7) is 3.72. The molecule has 112 valence electrons. The number of nitrogen functional groups attached to an aromatic ring is 1. The van der Waals surface area contributed by atoms with E-state index in [9.17, 15) is 13.2 Å². The highest BCUT2D eigenvalue weighted by Crippen LogP contribution is 2.32. The Bertz CT molecular complexity index is 628. The van der Waals surface area contributed by atoms with Crippen molar-refractivity contribution < 1.29 is 13.2 Å². The van der Waals surface area contributed by atoms with Crippen LogP contribution in [0.2, 0.25) is 0 Å². The Hall–Kier alpha value is -2.15. The number of hydrogen-bond acceptors (Lipinski definition) is 4. The zero-order chi connectivity index (χ0) is 15.6. The number of nitrogens with zero attached hydrogens (tertiary/aromatic N) is 2. The molecule has 2 aromatic rings. The van der Waals surface area contributed by atoms with Crippen molar-refractivity contribution in [3.8, 4) is 11.4 Å². The number of hydrogen-bond donors (Lipinski definition) is 2. The fourth-order valence-electron chi connectivity index (χ4n) is 2.01. The van der Waals surface area contributed by atoms with Crippen molar-refractivity contribution in [2.24, 2.45) is 5.84 Å². The predicted molar refractivity (Wildman–Crippen MR) is 74.4 cm³/mol. The highest BCUT2D eigenvalue weighted by Gasteiger charge is 2.30. The number of nitrogens with two attached hydrogens (primary N) is 1. The maximum atomic E-state index is 12.8. The molecule has 0 aliphatic heterocycles. The van der Waals surface area contributed by atoms with Crippen molar-refractivity contribution in [2.45, 2.75) is 26.4 Å². The minimum atomic E-state index is -4.40. The minimum Gasteiger partial charge on any atom is -0.308 e. The van der Waals surface area contributed by atoms with Gasteiger partial charge in [-0.05, 0) is 25.5 Å². The second-order valence-corrected chi connectivity index (χ2v) is 4.54. The predicted octanol–water partition coefficient (Wildman–Crippen LogP) is 3.32. The van der Waals surface area contributed by atoms with Crippen molar-refractivity contribution in [1.82, 2.24) is 9.97 Å². The summed E-state index contributed by atoms with van der Waals surface area (Å²) in [4.78, 5) is 8.50. The summed E-state index contributed by atoms with van der Waals surface area (Å²) < 4.78 is 38.3. The Balaban J connectivity index is 2.57. The molecule has 21 heavy (non-hydrogen) atoms. The third kappa shape index (κ3) is 3.13. The lowest BCUT2D eigenvalue weighted by molar-refractivity contribution is -0.137. The second kappa shape index (κ2) is 5.69. The van der Waals surface area contributed by atoms with Crippen LogP contribution in [0.1, 0.15) is 23.7 Å². The molecule has 1 heterocycles. The fraction of sp³-hybridized carbons (Fsp3) is 0.286. The zero-order valence-corrected chi connectivity index (χ0v) is 11.6. The van der Waals surface area contributed by atoms with Crippen LogP contribution < -0.4 is 11.3 Å². The van der Waals surface area contributed by atoms with Gasteiger partial charge in [0.25, 0.3) is 0 Å². The Morgan fingerprint density at radius 3 is 2.52 bits per heavy atom. The van der Waals surface area contributed by atoms with Crippen LogP contribution in [0.25, 0.3) is 11.4 Å². The second-order valence-electron chi connectivity index (χ2n) is 4.54. The van der Waals surface area contributed by atoms with Gasteiger partial charge in [-0.15, -0.1) is 0 Å². The van der Waals surface area contributed by atoms with E-state index in [1.54, 1.807) is 6.07 Å². The number of aromatic nitrogens is 2. The SMILES string of the molecule is CCc1nc(-c2cccc(C(F)(F)F)c2)nc(NN)c1C. The summed E-state index contributed by atoms with van der Waals surface area (Å²) in [6.07, 6.45) is -3.77. The maximum Gasteiger partial charge on any atom is 0.416 e. The highest BCUT2D eigenvalue weighted by molar-refractivity contribution is 5.60. The molecule has 0 spiro atoms. The molecule has 0 aliphatic carbocycles. The molecule has 0 unspecified atom stereocenters. The normalized spacial score (nSPS) is 11.5. The molecule has 2 rings (SSSR count). The van der Waals surface area contributed by atoms with Gasteiger partial charge in [-0.2, -0.15) is 13.2 Å². The van der Waals surface area contributed by atoms with E-state index >= 15 is 0 Å². The van der Waals surface area contributed by atoms with Gasteiger partial charge < -0.3 is 5.43 Å². The average molecular weight is 296 g/mol. The van der Waals surface area contributed by atoms with E-state index in [0.29, 0.717) is 17.8 Å². The number of hydrazine groups is 1. The first-order valence-corrected chi connectivity index (χ1v) is 6.38. The number of benzene rings is 1. The largest absolute Gasteiger partial charge is 0.416 e. The number of aryl methyl sites for hydroxylation is 1. The zero-order valence-electron chi connectivity index (χ0n) is 11.6. The van der Waals surface area contributed by atoms with Gasteiger partial charge in [0.1, 0.15) is 5.82 Å². The lowest BCUT2D eigenvalue weighted by Crippen LogP contribution is -2.13.